The van der Waals surface area contributed by atoms with Gasteiger partial charge in [0, 0.05) is 17.1 Å². The summed E-state index contributed by atoms with van der Waals surface area (Å²) in [6.07, 6.45) is -1.95. The average molecular weight is 619 g/mol. The summed E-state index contributed by atoms with van der Waals surface area (Å²) in [5.41, 5.74) is 2.67. The molecule has 0 unspecified atom stereocenters. The number of nitrogens with zero attached hydrogens (tertiary/aromatic N) is 1. The molecule has 3 aliphatic rings. The van der Waals surface area contributed by atoms with Crippen molar-refractivity contribution in [3.8, 4) is 5.75 Å². The molecule has 6 N–H and O–H groups in total. The van der Waals surface area contributed by atoms with Gasteiger partial charge in [0.25, 0.3) is 5.91 Å². The number of hydrogen-bond acceptors (Lipinski definition) is 11. The van der Waals surface area contributed by atoms with E-state index in [1.165, 1.54) is 38.1 Å². The number of Topliss-reactive ketones (excluding diaryl/α,β-unsaturated/α-hetero) is 3. The average Bonchev–Trinajstić information content (AvgIpc) is 2.95. The summed E-state index contributed by atoms with van der Waals surface area (Å²) in [5, 5.41) is 45.6. The molecule has 2 aromatic carbocycles. The number of fused-ring (bicyclic) bond motifs is 3. The summed E-state index contributed by atoms with van der Waals surface area (Å²) < 4.78 is 6.05. The maximum absolute atomic E-state index is 14.3. The zero-order valence-electron chi connectivity index (χ0n) is 25.3. The standard InChI is InChI=1S/C33H34N2O10/c1-13-9-10-16(18(11-13)15(3)36)12-20(38)45-29-21-14(2)17-7-6-8-19(37)22(17)27(39)23(21)30(41)33(44)25(29)26(35(4)5)28(40)24(31(33)42)32(34)43/h6-11,14,21,25-26,29,37,39,42,44H,12H2,1-5H3,(H2,34,43)/t14-,21+,25+,26-,29-,33-/m1/s1. The van der Waals surface area contributed by atoms with Crippen molar-refractivity contribution in [3.63, 3.8) is 0 Å². The molecule has 0 spiro atoms. The van der Waals surface area contributed by atoms with Gasteiger partial charge in [-0.1, -0.05) is 36.8 Å². The first kappa shape index (κ1) is 31.6. The number of aliphatic hydroxyl groups excluding tert-OH is 2. The third-order valence-electron chi connectivity index (χ3n) is 9.21. The van der Waals surface area contributed by atoms with Gasteiger partial charge in [-0.2, -0.15) is 0 Å². The van der Waals surface area contributed by atoms with Crippen LogP contribution in [0.1, 0.15) is 52.4 Å². The number of hydrogen-bond donors (Lipinski definition) is 5. The van der Waals surface area contributed by atoms with Gasteiger partial charge in [0.1, 0.15) is 28.9 Å². The Morgan fingerprint density at radius 2 is 1.73 bits per heavy atom. The van der Waals surface area contributed by atoms with E-state index in [9.17, 15) is 44.4 Å². The molecule has 1 amide bonds. The second kappa shape index (κ2) is 11.0. The first-order valence-electron chi connectivity index (χ1n) is 14.3. The number of phenolic OH excluding ortho intramolecular Hbond substituents is 1. The maximum atomic E-state index is 14.3. The molecule has 236 valence electrons. The van der Waals surface area contributed by atoms with E-state index in [-0.39, 0.29) is 17.1 Å². The number of rotatable bonds is 6. The number of phenols is 1. The molecule has 1 fully saturated rings. The lowest BCUT2D eigenvalue weighted by Crippen LogP contribution is -2.71. The van der Waals surface area contributed by atoms with Crippen molar-refractivity contribution < 1.29 is 49.1 Å². The number of primary amides is 1. The molecule has 1 saturated carbocycles. The summed E-state index contributed by atoms with van der Waals surface area (Å²) in [4.78, 5) is 67.8. The molecule has 5 rings (SSSR count). The maximum Gasteiger partial charge on any atom is 0.310 e. The molecule has 0 aromatic heterocycles. The van der Waals surface area contributed by atoms with E-state index in [0.717, 1.165) is 5.56 Å². The van der Waals surface area contributed by atoms with Crippen LogP contribution in [0.4, 0.5) is 0 Å². The van der Waals surface area contributed by atoms with Crippen LogP contribution < -0.4 is 5.73 Å². The number of carbonyl (C=O) groups is 5. The highest BCUT2D eigenvalue weighted by atomic mass is 16.5. The van der Waals surface area contributed by atoms with Gasteiger partial charge < -0.3 is 30.9 Å². The van der Waals surface area contributed by atoms with Crippen LogP contribution in [-0.4, -0.2) is 86.4 Å². The topological polar surface area (TPSA) is 205 Å². The molecular weight excluding hydrogens is 584 g/mol. The van der Waals surface area contributed by atoms with Crippen molar-refractivity contribution >= 4 is 35.0 Å². The van der Waals surface area contributed by atoms with E-state index in [0.29, 0.717) is 16.7 Å². The Bertz CT molecular complexity index is 1760. The van der Waals surface area contributed by atoms with Gasteiger partial charge >= 0.3 is 5.97 Å². The smallest absolute Gasteiger partial charge is 0.310 e. The predicted octanol–water partition coefficient (Wildman–Crippen LogP) is 1.80. The minimum atomic E-state index is -3.05. The van der Waals surface area contributed by atoms with E-state index in [4.69, 9.17) is 10.5 Å². The SMILES string of the molecule is CC(=O)c1cc(C)ccc1CC(=O)O[C@@H]1[C@@H]2C(=C(O)c3c(O)cccc3[C@H]2C)C(=O)[C@@]2(O)C(O)=C(C(N)=O)C(=O)[C@H](N(C)C)[C@@H]12. The molecule has 0 radical (unpaired) electrons. The highest BCUT2D eigenvalue weighted by Crippen LogP contribution is 2.57. The zero-order valence-corrected chi connectivity index (χ0v) is 25.3. The van der Waals surface area contributed by atoms with Gasteiger partial charge in [-0.25, -0.2) is 0 Å². The molecule has 0 saturated heterocycles. The van der Waals surface area contributed by atoms with Crippen molar-refractivity contribution in [1.82, 2.24) is 4.90 Å². The van der Waals surface area contributed by atoms with E-state index < -0.39 is 88.0 Å². The van der Waals surface area contributed by atoms with E-state index in [1.807, 2.05) is 0 Å². The molecule has 3 aliphatic carbocycles. The van der Waals surface area contributed by atoms with Crippen LogP contribution in [-0.2, 0) is 30.3 Å². The van der Waals surface area contributed by atoms with Crippen molar-refractivity contribution in [1.29, 1.82) is 0 Å². The normalized spacial score (nSPS) is 27.6. The number of aryl methyl sites for hydroxylation is 1. The first-order chi connectivity index (χ1) is 21.0. The summed E-state index contributed by atoms with van der Waals surface area (Å²) in [5.74, 6) is -10.8. The molecule has 0 aliphatic heterocycles. The third-order valence-corrected chi connectivity index (χ3v) is 9.21. The predicted molar refractivity (Wildman–Crippen MR) is 159 cm³/mol. The number of carbonyl (C=O) groups excluding carboxylic acids is 5. The molecule has 6 atom stereocenters. The lowest BCUT2D eigenvalue weighted by Gasteiger charge is -2.54. The molecule has 0 heterocycles. The van der Waals surface area contributed by atoms with E-state index in [1.54, 1.807) is 38.1 Å². The number of benzene rings is 2. The van der Waals surface area contributed by atoms with Crippen molar-refractivity contribution in [2.75, 3.05) is 14.1 Å². The quantitative estimate of drug-likeness (QED) is 0.179. The van der Waals surface area contributed by atoms with Gasteiger partial charge in [0.15, 0.2) is 17.2 Å². The van der Waals surface area contributed by atoms with Gasteiger partial charge in [-0.15, -0.1) is 0 Å². The number of aromatic hydroxyl groups is 1. The lowest BCUT2D eigenvalue weighted by molar-refractivity contribution is -0.185. The van der Waals surface area contributed by atoms with Crippen molar-refractivity contribution in [2.45, 2.75) is 50.9 Å². The summed E-state index contributed by atoms with van der Waals surface area (Å²) in [7, 11) is 2.89. The van der Waals surface area contributed by atoms with Gasteiger partial charge in [-0.05, 0) is 57.1 Å². The monoisotopic (exact) mass is 618 g/mol. The lowest BCUT2D eigenvalue weighted by atomic mass is 9.54. The second-order valence-corrected chi connectivity index (χ2v) is 12.1. The fourth-order valence-electron chi connectivity index (χ4n) is 7.21. The number of ketones is 3. The number of likely N-dealkylation sites (N-methyl/N-ethyl adjacent to an activating group) is 1. The Morgan fingerprint density at radius 1 is 1.07 bits per heavy atom. The second-order valence-electron chi connectivity index (χ2n) is 12.1. The molecular formula is C33H34N2O10. The fraction of sp³-hybridized carbons (Fsp3) is 0.364. The molecule has 12 nitrogen and oxygen atoms in total. The van der Waals surface area contributed by atoms with E-state index in [2.05, 4.69) is 0 Å². The van der Waals surface area contributed by atoms with Crippen LogP contribution in [0, 0.1) is 18.8 Å². The molecule has 0 bridgehead atoms. The number of amides is 1. The molecule has 12 heteroatoms. The summed E-state index contributed by atoms with van der Waals surface area (Å²) in [6, 6.07) is 7.89. The van der Waals surface area contributed by atoms with Crippen LogP contribution in [0.2, 0.25) is 0 Å². The van der Waals surface area contributed by atoms with Crippen LogP contribution in [0.3, 0.4) is 0 Å². The highest BCUT2D eigenvalue weighted by molar-refractivity contribution is 6.24. The Hall–Kier alpha value is -4.81. The number of ether oxygens (including phenoxy) is 1. The summed E-state index contributed by atoms with van der Waals surface area (Å²) in [6.45, 7) is 4.81. The third kappa shape index (κ3) is 4.63. The fourth-order valence-corrected chi connectivity index (χ4v) is 7.21. The van der Waals surface area contributed by atoms with Crippen LogP contribution >= 0.6 is 0 Å². The van der Waals surface area contributed by atoms with Gasteiger partial charge in [0.05, 0.1) is 23.9 Å². The molecule has 45 heavy (non-hydrogen) atoms. The minimum Gasteiger partial charge on any atom is -0.508 e. The van der Waals surface area contributed by atoms with Gasteiger partial charge in [0.2, 0.25) is 5.78 Å². The zero-order chi connectivity index (χ0) is 33.3. The summed E-state index contributed by atoms with van der Waals surface area (Å²) >= 11 is 0. The minimum absolute atomic E-state index is 0.0860. The van der Waals surface area contributed by atoms with Crippen molar-refractivity contribution in [3.05, 3.63) is 81.1 Å². The Labute approximate surface area is 258 Å². The van der Waals surface area contributed by atoms with E-state index >= 15 is 0 Å². The number of esters is 1. The largest absolute Gasteiger partial charge is 0.508 e. The Morgan fingerprint density at radius 3 is 2.33 bits per heavy atom. The first-order valence-corrected chi connectivity index (χ1v) is 14.3. The number of aliphatic hydroxyl groups is 3. The molecule has 2 aromatic rings. The van der Waals surface area contributed by atoms with Crippen LogP contribution in [0.15, 0.2) is 53.3 Å². The van der Waals surface area contributed by atoms with Crippen LogP contribution in [0.25, 0.3) is 5.76 Å². The Balaban J connectivity index is 1.75. The van der Waals surface area contributed by atoms with Crippen molar-refractivity contribution in [2.24, 2.45) is 17.6 Å². The van der Waals surface area contributed by atoms with Crippen LogP contribution in [0.5, 0.6) is 5.75 Å². The van der Waals surface area contributed by atoms with Gasteiger partial charge in [-0.3, -0.25) is 28.9 Å². The Kier molecular flexibility index (Phi) is 7.70. The number of nitrogens with two attached hydrogens (primary N) is 1. The highest BCUT2D eigenvalue weighted by Gasteiger charge is 2.69.